The van der Waals surface area contributed by atoms with Crippen LogP contribution in [0.3, 0.4) is 0 Å². The molecule has 1 aliphatic carbocycles. The normalized spacial score (nSPS) is 19.3. The van der Waals surface area contributed by atoms with E-state index < -0.39 is 30.1 Å². The highest BCUT2D eigenvalue weighted by Crippen LogP contribution is 2.33. The molecule has 1 aromatic heterocycles. The fourth-order valence-corrected chi connectivity index (χ4v) is 4.73. The first kappa shape index (κ1) is 28.4. The Morgan fingerprint density at radius 3 is 2.26 bits per heavy atom. The van der Waals surface area contributed by atoms with Crippen molar-refractivity contribution in [3.05, 3.63) is 29.6 Å². The van der Waals surface area contributed by atoms with Gasteiger partial charge in [-0.05, 0) is 49.7 Å². The zero-order valence-corrected chi connectivity index (χ0v) is 21.7. The van der Waals surface area contributed by atoms with Gasteiger partial charge in [0.05, 0.1) is 17.8 Å². The third-order valence-corrected chi connectivity index (χ3v) is 7.53. The van der Waals surface area contributed by atoms with E-state index in [0.717, 1.165) is 23.4 Å². The molecule has 2 amide bonds. The van der Waals surface area contributed by atoms with E-state index in [1.165, 1.54) is 19.3 Å². The van der Waals surface area contributed by atoms with Gasteiger partial charge in [0.2, 0.25) is 11.8 Å². The SMILES string of the molecule is CCC(O)CC(C(=O)N(C(=O)[C@@H](N)[C@@H](C)CC)C(N)c1cccc(C2CCCCC2)n1)C(C)C. The number of hydrogen-bond acceptors (Lipinski definition) is 6. The van der Waals surface area contributed by atoms with Crippen molar-refractivity contribution < 1.29 is 14.7 Å². The fraction of sp³-hybridized carbons (Fsp3) is 0.741. The zero-order valence-electron chi connectivity index (χ0n) is 21.7. The number of nitrogens with two attached hydrogens (primary N) is 2. The monoisotopic (exact) mass is 474 g/mol. The molecule has 0 bridgehead atoms. The number of aromatic nitrogens is 1. The molecule has 1 saturated carbocycles. The topological polar surface area (TPSA) is 123 Å². The van der Waals surface area contributed by atoms with Crippen LogP contribution in [0.1, 0.15) is 109 Å². The number of imide groups is 1. The molecule has 192 valence electrons. The van der Waals surface area contributed by atoms with Crippen LogP contribution in [0.4, 0.5) is 0 Å². The molecule has 0 radical (unpaired) electrons. The quantitative estimate of drug-likeness (QED) is 0.412. The molecule has 1 aromatic rings. The summed E-state index contributed by atoms with van der Waals surface area (Å²) in [6.45, 7) is 9.60. The van der Waals surface area contributed by atoms with E-state index in [2.05, 4.69) is 0 Å². The van der Waals surface area contributed by atoms with Crippen molar-refractivity contribution in [2.75, 3.05) is 0 Å². The summed E-state index contributed by atoms with van der Waals surface area (Å²) in [7, 11) is 0. The Kier molecular flexibility index (Phi) is 11.1. The minimum Gasteiger partial charge on any atom is -0.393 e. The van der Waals surface area contributed by atoms with E-state index in [0.29, 0.717) is 24.5 Å². The number of aliphatic hydroxyl groups is 1. The van der Waals surface area contributed by atoms with Gasteiger partial charge in [-0.2, -0.15) is 0 Å². The van der Waals surface area contributed by atoms with E-state index in [4.69, 9.17) is 16.5 Å². The number of carbonyl (C=O) groups is 2. The maximum atomic E-state index is 13.8. The van der Waals surface area contributed by atoms with Crippen LogP contribution in [0.5, 0.6) is 0 Å². The van der Waals surface area contributed by atoms with Gasteiger partial charge in [0.15, 0.2) is 0 Å². The molecular formula is C27H46N4O3. The maximum Gasteiger partial charge on any atom is 0.248 e. The van der Waals surface area contributed by atoms with Crippen LogP contribution in [0.2, 0.25) is 0 Å². The molecule has 1 fully saturated rings. The first-order chi connectivity index (χ1) is 16.1. The van der Waals surface area contributed by atoms with Crippen molar-refractivity contribution in [2.24, 2.45) is 29.2 Å². The van der Waals surface area contributed by atoms with E-state index in [1.54, 1.807) is 6.07 Å². The highest BCUT2D eigenvalue weighted by Gasteiger charge is 2.39. The second-order valence-corrected chi connectivity index (χ2v) is 10.4. The Morgan fingerprint density at radius 2 is 1.71 bits per heavy atom. The summed E-state index contributed by atoms with van der Waals surface area (Å²) in [5, 5.41) is 10.3. The number of rotatable bonds is 11. The van der Waals surface area contributed by atoms with Gasteiger partial charge in [-0.3, -0.25) is 19.5 Å². The number of carbonyl (C=O) groups excluding carboxylic acids is 2. The van der Waals surface area contributed by atoms with Crippen LogP contribution in [0, 0.1) is 17.8 Å². The van der Waals surface area contributed by atoms with E-state index in [-0.39, 0.29) is 24.2 Å². The first-order valence-electron chi connectivity index (χ1n) is 13.1. The van der Waals surface area contributed by atoms with Crippen LogP contribution >= 0.6 is 0 Å². The van der Waals surface area contributed by atoms with Gasteiger partial charge in [0.25, 0.3) is 0 Å². The van der Waals surface area contributed by atoms with Crippen molar-refractivity contribution in [2.45, 2.75) is 110 Å². The minimum absolute atomic E-state index is 0.0717. The molecule has 5 N–H and O–H groups in total. The number of aliphatic hydroxyl groups excluding tert-OH is 1. The number of amides is 2. The Morgan fingerprint density at radius 1 is 1.06 bits per heavy atom. The fourth-order valence-electron chi connectivity index (χ4n) is 4.73. The summed E-state index contributed by atoms with van der Waals surface area (Å²) in [6, 6.07) is 4.86. The molecule has 0 aromatic carbocycles. The molecule has 0 spiro atoms. The lowest BCUT2D eigenvalue weighted by molar-refractivity contribution is -0.154. The first-order valence-corrected chi connectivity index (χ1v) is 13.1. The van der Waals surface area contributed by atoms with Crippen LogP contribution in [0.15, 0.2) is 18.2 Å². The Hall–Kier alpha value is -1.83. The molecule has 2 rings (SSSR count). The highest BCUT2D eigenvalue weighted by molar-refractivity contribution is 5.99. The number of hydrogen-bond donors (Lipinski definition) is 3. The summed E-state index contributed by atoms with van der Waals surface area (Å²) >= 11 is 0. The van der Waals surface area contributed by atoms with Crippen LogP contribution in [-0.4, -0.2) is 39.0 Å². The van der Waals surface area contributed by atoms with Gasteiger partial charge < -0.3 is 16.6 Å². The molecule has 1 aliphatic rings. The average molecular weight is 475 g/mol. The van der Waals surface area contributed by atoms with Crippen LogP contribution < -0.4 is 11.5 Å². The molecular weight excluding hydrogens is 428 g/mol. The van der Waals surface area contributed by atoms with Gasteiger partial charge in [-0.1, -0.05) is 66.4 Å². The van der Waals surface area contributed by atoms with Crippen molar-refractivity contribution >= 4 is 11.8 Å². The number of pyridine rings is 1. The van der Waals surface area contributed by atoms with Gasteiger partial charge in [0, 0.05) is 17.5 Å². The van der Waals surface area contributed by atoms with Gasteiger partial charge in [-0.15, -0.1) is 0 Å². The molecule has 34 heavy (non-hydrogen) atoms. The molecule has 1 heterocycles. The largest absolute Gasteiger partial charge is 0.393 e. The molecule has 7 nitrogen and oxygen atoms in total. The van der Waals surface area contributed by atoms with E-state index in [9.17, 15) is 14.7 Å². The lowest BCUT2D eigenvalue weighted by Crippen LogP contribution is -2.55. The van der Waals surface area contributed by atoms with Crippen molar-refractivity contribution in [3.63, 3.8) is 0 Å². The Labute approximate surface area is 205 Å². The Balaban J connectivity index is 2.44. The average Bonchev–Trinajstić information content (AvgIpc) is 2.86. The summed E-state index contributed by atoms with van der Waals surface area (Å²) in [5.41, 5.74) is 14.4. The van der Waals surface area contributed by atoms with E-state index in [1.807, 2.05) is 46.8 Å². The molecule has 3 unspecified atom stereocenters. The molecule has 5 atom stereocenters. The Bertz CT molecular complexity index is 794. The lowest BCUT2D eigenvalue weighted by Gasteiger charge is -2.35. The summed E-state index contributed by atoms with van der Waals surface area (Å²) < 4.78 is 0. The van der Waals surface area contributed by atoms with Crippen LogP contribution in [-0.2, 0) is 9.59 Å². The second-order valence-electron chi connectivity index (χ2n) is 10.4. The lowest BCUT2D eigenvalue weighted by atomic mass is 9.86. The zero-order chi connectivity index (χ0) is 25.4. The second kappa shape index (κ2) is 13.3. The number of nitrogens with zero attached hydrogens (tertiary/aromatic N) is 2. The maximum absolute atomic E-state index is 13.8. The van der Waals surface area contributed by atoms with Crippen LogP contribution in [0.25, 0.3) is 0 Å². The van der Waals surface area contributed by atoms with Gasteiger partial charge in [-0.25, -0.2) is 0 Å². The summed E-state index contributed by atoms with van der Waals surface area (Å²) in [5.74, 6) is -1.20. The summed E-state index contributed by atoms with van der Waals surface area (Å²) in [6.07, 6.45) is 5.68. The van der Waals surface area contributed by atoms with E-state index >= 15 is 0 Å². The highest BCUT2D eigenvalue weighted by atomic mass is 16.3. The third kappa shape index (κ3) is 7.09. The van der Waals surface area contributed by atoms with Crippen molar-refractivity contribution in [3.8, 4) is 0 Å². The third-order valence-electron chi connectivity index (χ3n) is 7.53. The van der Waals surface area contributed by atoms with Crippen molar-refractivity contribution in [1.82, 2.24) is 9.88 Å². The summed E-state index contributed by atoms with van der Waals surface area (Å²) in [4.78, 5) is 33.4. The standard InChI is InChI=1S/C27H46N4O3/c1-6-18(5)24(28)27(34)31(26(33)21(17(3)4)16-20(32)7-2)25(29)23-15-11-14-22(30-23)19-12-9-8-10-13-19/h11,14-15,17-21,24-25,32H,6-10,12-13,16,28-29H2,1-5H3/t18-,20?,21?,24-,25?/m0/s1. The predicted octanol–water partition coefficient (Wildman–Crippen LogP) is 4.25. The smallest absolute Gasteiger partial charge is 0.248 e. The molecule has 0 aliphatic heterocycles. The van der Waals surface area contributed by atoms with Gasteiger partial charge in [0.1, 0.15) is 6.17 Å². The predicted molar refractivity (Wildman–Crippen MR) is 136 cm³/mol. The molecule has 7 heteroatoms. The van der Waals surface area contributed by atoms with Gasteiger partial charge >= 0.3 is 0 Å². The molecule has 0 saturated heterocycles. The van der Waals surface area contributed by atoms with Crippen molar-refractivity contribution in [1.29, 1.82) is 0 Å². The minimum atomic E-state index is -1.03.